The maximum Gasteiger partial charge on any atom is 0.296 e. The number of anilines is 3. The molecule has 7 heteroatoms. The lowest BCUT2D eigenvalue weighted by Crippen LogP contribution is -2.49. The Kier molecular flexibility index (Phi) is 5.93. The Morgan fingerprint density at radius 3 is 2.31 bits per heavy atom. The van der Waals surface area contributed by atoms with Crippen molar-refractivity contribution >= 4 is 23.5 Å². The Hall–Kier alpha value is -2.77. The largest absolute Gasteiger partial charge is 0.418 e. The first-order valence-electron chi connectivity index (χ1n) is 11.7. The molecule has 2 fully saturated rings. The minimum atomic E-state index is -1.09. The van der Waals surface area contributed by atoms with Crippen LogP contribution in [0.15, 0.2) is 48.5 Å². The number of fused-ring (bicyclic) bond motifs is 1. The number of nitrogens with zero attached hydrogens (tertiary/aromatic N) is 3. The van der Waals surface area contributed by atoms with Crippen molar-refractivity contribution in [2.24, 2.45) is 5.92 Å². The monoisotopic (exact) mass is 435 g/mol. The van der Waals surface area contributed by atoms with Crippen LogP contribution in [0.4, 0.5) is 17.1 Å². The summed E-state index contributed by atoms with van der Waals surface area (Å²) in [6.45, 7) is 8.40. The van der Waals surface area contributed by atoms with E-state index in [2.05, 4.69) is 44.5 Å². The second kappa shape index (κ2) is 9.00. The molecule has 5 rings (SSSR count). The number of rotatable bonds is 6. The molecule has 3 aliphatic rings. The van der Waals surface area contributed by atoms with Gasteiger partial charge in [0.05, 0.1) is 11.4 Å². The number of carbonyl (C=O) groups is 1. The van der Waals surface area contributed by atoms with Gasteiger partial charge in [-0.05, 0) is 63.2 Å². The minimum absolute atomic E-state index is 0.500. The maximum atomic E-state index is 11.4. The number of benzene rings is 2. The highest BCUT2D eigenvalue weighted by Gasteiger charge is 2.40. The number of piperidine rings is 1. The quantitative estimate of drug-likeness (QED) is 0.677. The summed E-state index contributed by atoms with van der Waals surface area (Å²) in [6, 6.07) is 16.2. The van der Waals surface area contributed by atoms with Crippen LogP contribution in [-0.2, 0) is 15.4 Å². The highest BCUT2D eigenvalue weighted by Crippen LogP contribution is 2.40. The highest BCUT2D eigenvalue weighted by molar-refractivity contribution is 5.77. The molecule has 0 aliphatic carbocycles. The van der Waals surface area contributed by atoms with Gasteiger partial charge in [0.2, 0.25) is 0 Å². The third-order valence-corrected chi connectivity index (χ3v) is 7.12. The highest BCUT2D eigenvalue weighted by atomic mass is 16.6. The molecule has 2 aromatic carbocycles. The number of piperazine rings is 1. The normalized spacial score (nSPS) is 21.5. The molecule has 7 nitrogen and oxygen atoms in total. The summed E-state index contributed by atoms with van der Waals surface area (Å²) in [4.78, 5) is 18.9. The standard InChI is InChI=1S/C25H33N5O2/c1-28-11-9-20(10-12-28)18-29-13-15-30(16-14-29)22-6-4-5-21(17-22)25(32-19-31)26-23-7-2-3-8-24(23)27-25/h2-8,17,19-20,26-27H,9-16,18H2,1H3. The fourth-order valence-electron chi connectivity index (χ4n) is 5.18. The van der Waals surface area contributed by atoms with Crippen LogP contribution in [0, 0.1) is 5.92 Å². The molecule has 0 bridgehead atoms. The van der Waals surface area contributed by atoms with Gasteiger partial charge in [-0.25, -0.2) is 0 Å². The van der Waals surface area contributed by atoms with Gasteiger partial charge in [0, 0.05) is 44.0 Å². The average molecular weight is 436 g/mol. The number of ether oxygens (including phenoxy) is 1. The SMILES string of the molecule is CN1CCC(CN2CCN(c3cccc(C4(OC=O)Nc5ccccc5N4)c3)CC2)CC1. The number of para-hydroxylation sites is 2. The van der Waals surface area contributed by atoms with Crippen LogP contribution >= 0.6 is 0 Å². The summed E-state index contributed by atoms with van der Waals surface area (Å²) in [7, 11) is 2.22. The molecule has 0 aromatic heterocycles. The molecule has 170 valence electrons. The fourth-order valence-corrected chi connectivity index (χ4v) is 5.18. The summed E-state index contributed by atoms with van der Waals surface area (Å²) in [5.74, 6) is -0.250. The predicted octanol–water partition coefficient (Wildman–Crippen LogP) is 2.97. The van der Waals surface area contributed by atoms with E-state index in [1.54, 1.807) is 0 Å². The molecule has 0 radical (unpaired) electrons. The van der Waals surface area contributed by atoms with E-state index in [9.17, 15) is 4.79 Å². The Morgan fingerprint density at radius 1 is 0.969 bits per heavy atom. The molecular formula is C25H33N5O2. The van der Waals surface area contributed by atoms with Gasteiger partial charge in [-0.1, -0.05) is 24.3 Å². The van der Waals surface area contributed by atoms with Crippen LogP contribution in [0.5, 0.6) is 0 Å². The smallest absolute Gasteiger partial charge is 0.296 e. The molecule has 0 saturated carbocycles. The van der Waals surface area contributed by atoms with Crippen molar-refractivity contribution in [1.82, 2.24) is 9.80 Å². The van der Waals surface area contributed by atoms with Crippen molar-refractivity contribution in [2.75, 3.05) is 68.4 Å². The van der Waals surface area contributed by atoms with Crippen molar-refractivity contribution in [2.45, 2.75) is 18.7 Å². The summed E-state index contributed by atoms with van der Waals surface area (Å²) in [5.41, 5.74) is 3.88. The van der Waals surface area contributed by atoms with Gasteiger partial charge < -0.3 is 25.2 Å². The zero-order valence-corrected chi connectivity index (χ0v) is 18.8. The number of hydrogen-bond acceptors (Lipinski definition) is 7. The van der Waals surface area contributed by atoms with Crippen molar-refractivity contribution in [1.29, 1.82) is 0 Å². The van der Waals surface area contributed by atoms with Crippen LogP contribution in [0.1, 0.15) is 18.4 Å². The molecule has 2 N–H and O–H groups in total. The van der Waals surface area contributed by atoms with Gasteiger partial charge in [0.1, 0.15) is 0 Å². The van der Waals surface area contributed by atoms with Crippen LogP contribution in [-0.4, -0.2) is 69.1 Å². The summed E-state index contributed by atoms with van der Waals surface area (Å²) < 4.78 is 5.58. The van der Waals surface area contributed by atoms with Gasteiger partial charge in [-0.2, -0.15) is 0 Å². The van der Waals surface area contributed by atoms with Crippen molar-refractivity contribution < 1.29 is 9.53 Å². The van der Waals surface area contributed by atoms with E-state index < -0.39 is 5.85 Å². The number of likely N-dealkylation sites (tertiary alicyclic amines) is 1. The lowest BCUT2D eigenvalue weighted by atomic mass is 9.96. The van der Waals surface area contributed by atoms with Crippen LogP contribution in [0.2, 0.25) is 0 Å². The van der Waals surface area contributed by atoms with Gasteiger partial charge in [-0.15, -0.1) is 0 Å². The van der Waals surface area contributed by atoms with E-state index in [0.29, 0.717) is 6.47 Å². The first-order valence-corrected chi connectivity index (χ1v) is 11.7. The average Bonchev–Trinajstić information content (AvgIpc) is 3.21. The number of hydrogen-bond donors (Lipinski definition) is 2. The molecule has 0 amide bonds. The molecule has 3 heterocycles. The van der Waals surface area contributed by atoms with Gasteiger partial charge in [0.15, 0.2) is 0 Å². The molecule has 0 atom stereocenters. The van der Waals surface area contributed by atoms with Crippen molar-refractivity contribution in [3.63, 3.8) is 0 Å². The molecule has 2 aromatic rings. The topological polar surface area (TPSA) is 60.1 Å². The van der Waals surface area contributed by atoms with E-state index >= 15 is 0 Å². The molecule has 3 aliphatic heterocycles. The third-order valence-electron chi connectivity index (χ3n) is 7.12. The second-order valence-corrected chi connectivity index (χ2v) is 9.28. The molecule has 32 heavy (non-hydrogen) atoms. The first kappa shape index (κ1) is 21.1. The fraction of sp³-hybridized carbons (Fsp3) is 0.480. The van der Waals surface area contributed by atoms with E-state index in [4.69, 9.17) is 4.74 Å². The number of nitrogens with one attached hydrogen (secondary N) is 2. The van der Waals surface area contributed by atoms with Crippen LogP contribution < -0.4 is 15.5 Å². The minimum Gasteiger partial charge on any atom is -0.418 e. The van der Waals surface area contributed by atoms with Gasteiger partial charge >= 0.3 is 0 Å². The van der Waals surface area contributed by atoms with E-state index in [-0.39, 0.29) is 0 Å². The summed E-state index contributed by atoms with van der Waals surface area (Å²) in [6.07, 6.45) is 2.64. The Bertz CT molecular complexity index is 910. The molecule has 2 saturated heterocycles. The Balaban J connectivity index is 1.25. The first-order chi connectivity index (χ1) is 15.6. The zero-order chi connectivity index (χ0) is 22.0. The third kappa shape index (κ3) is 4.27. The van der Waals surface area contributed by atoms with Crippen molar-refractivity contribution in [3.8, 4) is 0 Å². The van der Waals surface area contributed by atoms with Crippen LogP contribution in [0.3, 0.4) is 0 Å². The predicted molar refractivity (Wildman–Crippen MR) is 128 cm³/mol. The lowest BCUT2D eigenvalue weighted by molar-refractivity contribution is -0.139. The molecular weight excluding hydrogens is 402 g/mol. The molecule has 0 spiro atoms. The Labute approximate surface area is 190 Å². The summed E-state index contributed by atoms with van der Waals surface area (Å²) in [5, 5.41) is 6.71. The van der Waals surface area contributed by atoms with Crippen LogP contribution in [0.25, 0.3) is 0 Å². The Morgan fingerprint density at radius 2 is 1.66 bits per heavy atom. The van der Waals surface area contributed by atoms with Gasteiger partial charge in [-0.3, -0.25) is 9.69 Å². The van der Waals surface area contributed by atoms with Crippen molar-refractivity contribution in [3.05, 3.63) is 54.1 Å². The molecule has 0 unspecified atom stereocenters. The summed E-state index contributed by atoms with van der Waals surface area (Å²) >= 11 is 0. The van der Waals surface area contributed by atoms with E-state index in [1.807, 2.05) is 36.4 Å². The maximum absolute atomic E-state index is 11.4. The van der Waals surface area contributed by atoms with E-state index in [1.165, 1.54) is 32.5 Å². The van der Waals surface area contributed by atoms with Gasteiger partial charge in [0.25, 0.3) is 12.3 Å². The van der Waals surface area contributed by atoms with E-state index in [0.717, 1.165) is 54.7 Å². The second-order valence-electron chi connectivity index (χ2n) is 9.28. The lowest BCUT2D eigenvalue weighted by Gasteiger charge is -2.39. The number of carbonyl (C=O) groups excluding carboxylic acids is 1. The zero-order valence-electron chi connectivity index (χ0n) is 18.8.